The lowest BCUT2D eigenvalue weighted by atomic mass is 10.2. The van der Waals surface area contributed by atoms with E-state index in [1.54, 1.807) is 0 Å². The molecule has 0 atom stereocenters. The van der Waals surface area contributed by atoms with Crippen LogP contribution in [0.2, 0.25) is 0 Å². The van der Waals surface area contributed by atoms with Crippen LogP contribution in [-0.4, -0.2) is 40.3 Å². The normalized spacial score (nSPS) is 8.25. The smallest absolute Gasteiger partial charge is 0.303 e. The molecule has 0 aliphatic heterocycles. The lowest BCUT2D eigenvalue weighted by Crippen LogP contribution is -1.98. The highest BCUT2D eigenvalue weighted by Gasteiger charge is 1.97. The molecule has 5 heteroatoms. The second-order valence-electron chi connectivity index (χ2n) is 2.04. The number of carbonyl (C=O) groups is 2. The van der Waals surface area contributed by atoms with Crippen molar-refractivity contribution in [2.45, 2.75) is 19.8 Å². The summed E-state index contributed by atoms with van der Waals surface area (Å²) in [6, 6.07) is 0. The van der Waals surface area contributed by atoms with E-state index in [1.807, 2.05) is 0 Å². The SMILES string of the molecule is CC(=O)CCC(=O)O.OCCO. The number of carboxylic acid groups (broad SMARTS) is 1. The van der Waals surface area contributed by atoms with Crippen molar-refractivity contribution in [2.24, 2.45) is 0 Å². The summed E-state index contributed by atoms with van der Waals surface area (Å²) in [5.74, 6) is -0.993. The van der Waals surface area contributed by atoms with Gasteiger partial charge in [-0.1, -0.05) is 0 Å². The van der Waals surface area contributed by atoms with Crippen molar-refractivity contribution in [3.05, 3.63) is 0 Å². The van der Waals surface area contributed by atoms with Crippen molar-refractivity contribution in [3.63, 3.8) is 0 Å². The molecule has 12 heavy (non-hydrogen) atoms. The molecular weight excluding hydrogens is 164 g/mol. The lowest BCUT2D eigenvalue weighted by molar-refractivity contribution is -0.138. The molecule has 0 amide bonds. The van der Waals surface area contributed by atoms with E-state index in [9.17, 15) is 9.59 Å². The van der Waals surface area contributed by atoms with E-state index in [-0.39, 0.29) is 31.8 Å². The Morgan fingerprint density at radius 2 is 1.50 bits per heavy atom. The Labute approximate surface area is 70.6 Å². The maximum absolute atomic E-state index is 10.1. The Hall–Kier alpha value is -0.940. The fourth-order valence-corrected chi connectivity index (χ4v) is 0.283. The quantitative estimate of drug-likeness (QED) is 0.535. The number of hydrogen-bond acceptors (Lipinski definition) is 4. The van der Waals surface area contributed by atoms with E-state index >= 15 is 0 Å². The molecule has 0 aromatic heterocycles. The first-order valence-corrected chi connectivity index (χ1v) is 3.47. The van der Waals surface area contributed by atoms with Crippen LogP contribution in [0.25, 0.3) is 0 Å². The fraction of sp³-hybridized carbons (Fsp3) is 0.714. The summed E-state index contributed by atoms with van der Waals surface area (Å²) < 4.78 is 0. The monoisotopic (exact) mass is 178 g/mol. The van der Waals surface area contributed by atoms with Crippen LogP contribution in [0.15, 0.2) is 0 Å². The van der Waals surface area contributed by atoms with E-state index in [0.29, 0.717) is 0 Å². The number of rotatable bonds is 4. The van der Waals surface area contributed by atoms with Crippen LogP contribution in [-0.2, 0) is 9.59 Å². The highest BCUT2D eigenvalue weighted by Crippen LogP contribution is 1.87. The fourth-order valence-electron chi connectivity index (χ4n) is 0.283. The standard InChI is InChI=1S/C5H8O3.C2H6O2/c1-4(6)2-3-5(7)8;3-1-2-4/h2-3H2,1H3,(H,7,8);3-4H,1-2H2. The molecule has 0 aromatic rings. The molecule has 0 fully saturated rings. The average Bonchev–Trinajstić information content (AvgIpc) is 2.01. The molecule has 0 rings (SSSR count). The minimum Gasteiger partial charge on any atom is -0.481 e. The summed E-state index contributed by atoms with van der Waals surface area (Å²) in [4.78, 5) is 19.8. The highest BCUT2D eigenvalue weighted by atomic mass is 16.4. The third kappa shape index (κ3) is 23.0. The van der Waals surface area contributed by atoms with Gasteiger partial charge in [-0.15, -0.1) is 0 Å². The molecule has 0 saturated heterocycles. The van der Waals surface area contributed by atoms with Crippen LogP contribution >= 0.6 is 0 Å². The van der Waals surface area contributed by atoms with E-state index in [4.69, 9.17) is 15.3 Å². The summed E-state index contributed by atoms with van der Waals surface area (Å²) in [6.45, 7) is 1.13. The molecule has 0 heterocycles. The van der Waals surface area contributed by atoms with Crippen LogP contribution in [0, 0.1) is 0 Å². The van der Waals surface area contributed by atoms with Gasteiger partial charge in [-0.3, -0.25) is 4.79 Å². The molecule has 5 nitrogen and oxygen atoms in total. The van der Waals surface area contributed by atoms with Crippen molar-refractivity contribution in [3.8, 4) is 0 Å². The van der Waals surface area contributed by atoms with E-state index < -0.39 is 5.97 Å². The number of carboxylic acids is 1. The Kier molecular flexibility index (Phi) is 11.4. The number of hydrogen-bond donors (Lipinski definition) is 3. The van der Waals surface area contributed by atoms with Gasteiger partial charge >= 0.3 is 5.97 Å². The number of aliphatic hydroxyl groups excluding tert-OH is 2. The number of Topliss-reactive ketones (excluding diaryl/α,β-unsaturated/α-hetero) is 1. The van der Waals surface area contributed by atoms with Gasteiger partial charge in [-0.25, -0.2) is 0 Å². The zero-order valence-corrected chi connectivity index (χ0v) is 6.99. The molecule has 0 radical (unpaired) electrons. The third-order valence-corrected chi connectivity index (χ3v) is 0.791. The van der Waals surface area contributed by atoms with Crippen LogP contribution in [0.3, 0.4) is 0 Å². The lowest BCUT2D eigenvalue weighted by Gasteiger charge is -1.86. The first-order valence-electron chi connectivity index (χ1n) is 3.47. The summed E-state index contributed by atoms with van der Waals surface area (Å²) in [5, 5.41) is 23.3. The average molecular weight is 178 g/mol. The van der Waals surface area contributed by atoms with Gasteiger partial charge in [0, 0.05) is 6.42 Å². The van der Waals surface area contributed by atoms with Gasteiger partial charge in [0.25, 0.3) is 0 Å². The van der Waals surface area contributed by atoms with E-state index in [2.05, 4.69) is 0 Å². The van der Waals surface area contributed by atoms with Crippen LogP contribution < -0.4 is 0 Å². The second-order valence-corrected chi connectivity index (χ2v) is 2.04. The zero-order valence-electron chi connectivity index (χ0n) is 6.99. The molecule has 0 saturated carbocycles. The summed E-state index contributed by atoms with van der Waals surface area (Å²) in [6.07, 6.45) is 0.102. The maximum atomic E-state index is 10.1. The molecule has 72 valence electrons. The molecular formula is C7H14O5. The minimum atomic E-state index is -0.916. The summed E-state index contributed by atoms with van der Waals surface area (Å²) in [5.41, 5.74) is 0. The van der Waals surface area contributed by atoms with Gasteiger partial charge in [-0.2, -0.15) is 0 Å². The Bertz CT molecular complexity index is 116. The maximum Gasteiger partial charge on any atom is 0.303 e. The number of aliphatic hydroxyl groups is 2. The first kappa shape index (κ1) is 13.6. The van der Waals surface area contributed by atoms with Crippen LogP contribution in [0.4, 0.5) is 0 Å². The Morgan fingerprint density at radius 3 is 1.58 bits per heavy atom. The van der Waals surface area contributed by atoms with Gasteiger partial charge in [0.15, 0.2) is 0 Å². The molecule has 3 N–H and O–H groups in total. The topological polar surface area (TPSA) is 94.8 Å². The molecule has 0 spiro atoms. The first-order chi connectivity index (χ1) is 5.54. The van der Waals surface area contributed by atoms with E-state index in [1.165, 1.54) is 6.92 Å². The summed E-state index contributed by atoms with van der Waals surface area (Å²) in [7, 11) is 0. The van der Waals surface area contributed by atoms with Crippen molar-refractivity contribution in [1.82, 2.24) is 0 Å². The van der Waals surface area contributed by atoms with Gasteiger partial charge in [-0.05, 0) is 6.92 Å². The van der Waals surface area contributed by atoms with Crippen molar-refractivity contribution >= 4 is 11.8 Å². The molecule has 0 bridgehead atoms. The Morgan fingerprint density at radius 1 is 1.08 bits per heavy atom. The number of carbonyl (C=O) groups excluding carboxylic acids is 1. The van der Waals surface area contributed by atoms with Gasteiger partial charge < -0.3 is 20.1 Å². The zero-order chi connectivity index (χ0) is 9.98. The van der Waals surface area contributed by atoms with Crippen molar-refractivity contribution in [2.75, 3.05) is 13.2 Å². The summed E-state index contributed by atoms with van der Waals surface area (Å²) >= 11 is 0. The third-order valence-electron chi connectivity index (χ3n) is 0.791. The largest absolute Gasteiger partial charge is 0.481 e. The van der Waals surface area contributed by atoms with Gasteiger partial charge in [0.05, 0.1) is 19.6 Å². The van der Waals surface area contributed by atoms with Crippen molar-refractivity contribution in [1.29, 1.82) is 0 Å². The van der Waals surface area contributed by atoms with Crippen molar-refractivity contribution < 1.29 is 24.9 Å². The minimum absolute atomic E-state index is 0.0463. The Balaban J connectivity index is 0. The number of ketones is 1. The number of aliphatic carboxylic acids is 1. The predicted molar refractivity (Wildman–Crippen MR) is 41.7 cm³/mol. The highest BCUT2D eigenvalue weighted by molar-refractivity contribution is 5.80. The van der Waals surface area contributed by atoms with Gasteiger partial charge in [0.1, 0.15) is 5.78 Å². The molecule has 0 aromatic carbocycles. The van der Waals surface area contributed by atoms with Crippen LogP contribution in [0.5, 0.6) is 0 Å². The molecule has 0 aliphatic rings. The predicted octanol–water partition coefficient (Wildman–Crippen LogP) is -0.589. The van der Waals surface area contributed by atoms with Crippen LogP contribution in [0.1, 0.15) is 19.8 Å². The molecule has 0 unspecified atom stereocenters. The van der Waals surface area contributed by atoms with E-state index in [0.717, 1.165) is 0 Å². The second kappa shape index (κ2) is 10.1. The molecule has 0 aliphatic carbocycles. The van der Waals surface area contributed by atoms with Gasteiger partial charge in [0.2, 0.25) is 0 Å².